The van der Waals surface area contributed by atoms with E-state index in [1.54, 1.807) is 18.2 Å². The maximum Gasteiger partial charge on any atom is 0.283 e. The SMILES string of the molecule is CC(C)c1ccccc1Sc1ccc(/C=C/C(=O)N2CCOC(C#N)C2)cc1[N+](=O)[O-]. The van der Waals surface area contributed by atoms with Crippen molar-refractivity contribution in [2.24, 2.45) is 0 Å². The van der Waals surface area contributed by atoms with Crippen LogP contribution >= 0.6 is 11.8 Å². The number of nitrogens with zero attached hydrogens (tertiary/aromatic N) is 3. The Hall–Kier alpha value is -3.15. The normalized spacial score (nSPS) is 16.5. The van der Waals surface area contributed by atoms with Gasteiger partial charge in [-0.2, -0.15) is 5.26 Å². The van der Waals surface area contributed by atoms with Crippen LogP contribution in [0, 0.1) is 21.4 Å². The second-order valence-electron chi connectivity index (χ2n) is 7.38. The van der Waals surface area contributed by atoms with Crippen molar-refractivity contribution >= 4 is 29.4 Å². The third kappa shape index (κ3) is 5.72. The molecule has 1 atom stereocenters. The summed E-state index contributed by atoms with van der Waals surface area (Å²) in [5.74, 6) is 0.0484. The highest BCUT2D eigenvalue weighted by atomic mass is 32.2. The largest absolute Gasteiger partial charge is 0.360 e. The van der Waals surface area contributed by atoms with E-state index in [1.165, 1.54) is 28.8 Å². The van der Waals surface area contributed by atoms with E-state index in [0.717, 1.165) is 10.5 Å². The summed E-state index contributed by atoms with van der Waals surface area (Å²) in [5.41, 5.74) is 1.69. The monoisotopic (exact) mass is 437 g/mol. The van der Waals surface area contributed by atoms with Gasteiger partial charge in [0, 0.05) is 23.6 Å². The first kappa shape index (κ1) is 22.5. The van der Waals surface area contributed by atoms with Crippen LogP contribution in [-0.2, 0) is 9.53 Å². The van der Waals surface area contributed by atoms with Gasteiger partial charge in [-0.25, -0.2) is 0 Å². The van der Waals surface area contributed by atoms with Crippen molar-refractivity contribution < 1.29 is 14.5 Å². The van der Waals surface area contributed by atoms with E-state index in [9.17, 15) is 14.9 Å². The molecule has 2 aromatic carbocycles. The molecule has 0 radical (unpaired) electrons. The Morgan fingerprint density at radius 3 is 2.81 bits per heavy atom. The molecule has 8 heteroatoms. The summed E-state index contributed by atoms with van der Waals surface area (Å²) in [6, 6.07) is 14.8. The van der Waals surface area contributed by atoms with Crippen molar-refractivity contribution in [1.82, 2.24) is 4.90 Å². The standard InChI is InChI=1S/C23H23N3O4S/c1-16(2)19-5-3-4-6-21(19)31-22-9-7-17(13-20(22)26(28)29)8-10-23(27)25-11-12-30-18(14-24)15-25/h3-10,13,16,18H,11-12,15H2,1-2H3/b10-8+. The summed E-state index contributed by atoms with van der Waals surface area (Å²) in [7, 11) is 0. The van der Waals surface area contributed by atoms with Gasteiger partial charge in [0.2, 0.25) is 5.91 Å². The second-order valence-corrected chi connectivity index (χ2v) is 8.47. The van der Waals surface area contributed by atoms with Crippen LogP contribution in [0.25, 0.3) is 6.08 Å². The number of carbonyl (C=O) groups is 1. The zero-order valence-electron chi connectivity index (χ0n) is 17.4. The van der Waals surface area contributed by atoms with Gasteiger partial charge in [0.05, 0.1) is 29.0 Å². The number of amides is 1. The Balaban J connectivity index is 1.79. The van der Waals surface area contributed by atoms with E-state index in [2.05, 4.69) is 13.8 Å². The number of nitro benzene ring substituents is 1. The molecular formula is C23H23N3O4S. The lowest BCUT2D eigenvalue weighted by atomic mass is 10.0. The topological polar surface area (TPSA) is 96.5 Å². The van der Waals surface area contributed by atoms with Crippen LogP contribution in [0.15, 0.2) is 58.3 Å². The highest BCUT2D eigenvalue weighted by Crippen LogP contribution is 2.39. The number of carbonyl (C=O) groups excluding carboxylic acids is 1. The molecule has 1 fully saturated rings. The Morgan fingerprint density at radius 2 is 2.10 bits per heavy atom. The summed E-state index contributed by atoms with van der Waals surface area (Å²) in [6.07, 6.45) is 2.31. The number of morpholine rings is 1. The highest BCUT2D eigenvalue weighted by Gasteiger charge is 2.22. The molecule has 0 bridgehead atoms. The lowest BCUT2D eigenvalue weighted by Crippen LogP contribution is -2.44. The number of nitro groups is 1. The third-order valence-electron chi connectivity index (χ3n) is 4.88. The molecule has 31 heavy (non-hydrogen) atoms. The van der Waals surface area contributed by atoms with Crippen molar-refractivity contribution in [3.8, 4) is 6.07 Å². The van der Waals surface area contributed by atoms with Crippen LogP contribution in [0.1, 0.15) is 30.9 Å². The highest BCUT2D eigenvalue weighted by molar-refractivity contribution is 7.99. The van der Waals surface area contributed by atoms with Crippen molar-refractivity contribution in [1.29, 1.82) is 5.26 Å². The van der Waals surface area contributed by atoms with Gasteiger partial charge in [-0.1, -0.05) is 49.9 Å². The minimum Gasteiger partial charge on any atom is -0.360 e. The molecule has 1 aliphatic heterocycles. The zero-order valence-corrected chi connectivity index (χ0v) is 18.2. The van der Waals surface area contributed by atoms with Crippen LogP contribution in [0.3, 0.4) is 0 Å². The van der Waals surface area contributed by atoms with Gasteiger partial charge in [0.15, 0.2) is 6.10 Å². The maximum absolute atomic E-state index is 12.4. The molecule has 0 aliphatic carbocycles. The fraction of sp³-hybridized carbons (Fsp3) is 0.304. The summed E-state index contributed by atoms with van der Waals surface area (Å²) in [6.45, 7) is 5.11. The fourth-order valence-electron chi connectivity index (χ4n) is 3.24. The van der Waals surface area contributed by atoms with Crippen LogP contribution in [0.4, 0.5) is 5.69 Å². The number of ether oxygens (including phenoxy) is 1. The maximum atomic E-state index is 12.4. The van der Waals surface area contributed by atoms with Crippen LogP contribution in [-0.4, -0.2) is 41.5 Å². The summed E-state index contributed by atoms with van der Waals surface area (Å²) in [4.78, 5) is 26.7. The molecule has 1 heterocycles. The van der Waals surface area contributed by atoms with Crippen molar-refractivity contribution in [2.45, 2.75) is 35.7 Å². The van der Waals surface area contributed by atoms with E-state index < -0.39 is 11.0 Å². The van der Waals surface area contributed by atoms with Crippen LogP contribution < -0.4 is 0 Å². The van der Waals surface area contributed by atoms with Gasteiger partial charge < -0.3 is 9.64 Å². The fourth-order valence-corrected chi connectivity index (χ4v) is 4.42. The first-order valence-corrected chi connectivity index (χ1v) is 10.7. The third-order valence-corrected chi connectivity index (χ3v) is 6.04. The molecule has 1 amide bonds. The second kappa shape index (κ2) is 10.2. The molecule has 3 rings (SSSR count). The average molecular weight is 438 g/mol. The predicted octanol–water partition coefficient (Wildman–Crippen LogP) is 4.63. The van der Waals surface area contributed by atoms with Crippen molar-refractivity contribution in [3.05, 3.63) is 69.8 Å². The van der Waals surface area contributed by atoms with E-state index in [-0.39, 0.29) is 18.1 Å². The number of hydrogen-bond acceptors (Lipinski definition) is 6. The van der Waals surface area contributed by atoms with E-state index in [1.807, 2.05) is 30.3 Å². The molecule has 1 unspecified atom stereocenters. The van der Waals surface area contributed by atoms with Gasteiger partial charge >= 0.3 is 0 Å². The van der Waals surface area contributed by atoms with Crippen LogP contribution in [0.2, 0.25) is 0 Å². The molecule has 1 saturated heterocycles. The summed E-state index contributed by atoms with van der Waals surface area (Å²) < 4.78 is 5.24. The molecule has 2 aromatic rings. The van der Waals surface area contributed by atoms with Crippen LogP contribution in [0.5, 0.6) is 0 Å². The molecule has 1 aliphatic rings. The van der Waals surface area contributed by atoms with Gasteiger partial charge in [-0.05, 0) is 35.3 Å². The molecule has 160 valence electrons. The number of nitriles is 1. The number of hydrogen-bond donors (Lipinski definition) is 0. The Bertz CT molecular complexity index is 1050. The van der Waals surface area contributed by atoms with E-state index >= 15 is 0 Å². The average Bonchev–Trinajstić information content (AvgIpc) is 2.78. The molecule has 0 N–H and O–H groups in total. The van der Waals surface area contributed by atoms with Crippen molar-refractivity contribution in [3.63, 3.8) is 0 Å². The minimum absolute atomic E-state index is 0.00549. The van der Waals surface area contributed by atoms with Gasteiger partial charge in [-0.3, -0.25) is 14.9 Å². The smallest absolute Gasteiger partial charge is 0.283 e. The lowest BCUT2D eigenvalue weighted by molar-refractivity contribution is -0.387. The lowest BCUT2D eigenvalue weighted by Gasteiger charge is -2.28. The summed E-state index contributed by atoms with van der Waals surface area (Å²) in [5, 5.41) is 20.6. The quantitative estimate of drug-likeness (QED) is 0.371. The van der Waals surface area contributed by atoms with Gasteiger partial charge in [-0.15, -0.1) is 0 Å². The minimum atomic E-state index is -0.628. The van der Waals surface area contributed by atoms with Crippen molar-refractivity contribution in [2.75, 3.05) is 19.7 Å². The summed E-state index contributed by atoms with van der Waals surface area (Å²) >= 11 is 1.37. The molecule has 7 nitrogen and oxygen atoms in total. The Labute approximate surface area is 185 Å². The molecule has 0 saturated carbocycles. The van der Waals surface area contributed by atoms with E-state index in [4.69, 9.17) is 10.00 Å². The van der Waals surface area contributed by atoms with Gasteiger partial charge in [0.1, 0.15) is 0 Å². The zero-order chi connectivity index (χ0) is 22.4. The Morgan fingerprint density at radius 1 is 1.32 bits per heavy atom. The molecular weight excluding hydrogens is 414 g/mol. The predicted molar refractivity (Wildman–Crippen MR) is 119 cm³/mol. The molecule has 0 spiro atoms. The number of benzene rings is 2. The molecule has 0 aromatic heterocycles. The van der Waals surface area contributed by atoms with Gasteiger partial charge in [0.25, 0.3) is 5.69 Å². The first-order valence-electron chi connectivity index (χ1n) is 9.92. The number of rotatable bonds is 6. The first-order chi connectivity index (χ1) is 14.9. The van der Waals surface area contributed by atoms with E-state index in [0.29, 0.717) is 29.5 Å². The Kier molecular flexibility index (Phi) is 7.45.